The van der Waals surface area contributed by atoms with E-state index in [-0.39, 0.29) is 0 Å². The molecular formula is C15H9Cl2NO. The first-order valence-corrected chi connectivity index (χ1v) is 6.26. The third-order valence-corrected chi connectivity index (χ3v) is 3.07. The van der Waals surface area contributed by atoms with Gasteiger partial charge in [0.05, 0.1) is 5.69 Å². The van der Waals surface area contributed by atoms with Crippen molar-refractivity contribution in [1.82, 2.24) is 0 Å². The Morgan fingerprint density at radius 1 is 1.00 bits per heavy atom. The molecule has 0 fully saturated rings. The Morgan fingerprint density at radius 2 is 1.74 bits per heavy atom. The summed E-state index contributed by atoms with van der Waals surface area (Å²) in [5, 5.41) is 1.16. The minimum Gasteiger partial charge on any atom is -0.211 e. The molecule has 0 aromatic heterocycles. The average molecular weight is 290 g/mol. The summed E-state index contributed by atoms with van der Waals surface area (Å²) in [4.78, 5) is 14.0. The number of benzene rings is 2. The van der Waals surface area contributed by atoms with Crippen LogP contribution in [0.1, 0.15) is 11.1 Å². The largest absolute Gasteiger partial charge is 0.240 e. The third-order valence-electron chi connectivity index (χ3n) is 2.51. The number of rotatable bonds is 3. The van der Waals surface area contributed by atoms with E-state index in [1.165, 1.54) is 6.08 Å². The lowest BCUT2D eigenvalue weighted by Crippen LogP contribution is -1.77. The van der Waals surface area contributed by atoms with Crippen LogP contribution in [-0.2, 0) is 4.79 Å². The van der Waals surface area contributed by atoms with E-state index in [9.17, 15) is 4.79 Å². The van der Waals surface area contributed by atoms with Crippen LogP contribution in [0.15, 0.2) is 47.5 Å². The summed E-state index contributed by atoms with van der Waals surface area (Å²) in [7, 11) is 0. The fourth-order valence-electron chi connectivity index (χ4n) is 1.60. The van der Waals surface area contributed by atoms with Crippen molar-refractivity contribution in [3.05, 3.63) is 63.6 Å². The molecular weight excluding hydrogens is 281 g/mol. The number of halogens is 2. The Labute approximate surface area is 121 Å². The summed E-state index contributed by atoms with van der Waals surface area (Å²) in [6.45, 7) is 0. The highest BCUT2D eigenvalue weighted by molar-refractivity contribution is 6.35. The molecule has 0 atom stereocenters. The highest BCUT2D eigenvalue weighted by Crippen LogP contribution is 2.25. The van der Waals surface area contributed by atoms with Crippen LogP contribution < -0.4 is 0 Å². The zero-order chi connectivity index (χ0) is 13.7. The van der Waals surface area contributed by atoms with Crippen molar-refractivity contribution in [2.45, 2.75) is 0 Å². The lowest BCUT2D eigenvalue weighted by molar-refractivity contribution is 0.565. The maximum absolute atomic E-state index is 10.3. The van der Waals surface area contributed by atoms with E-state index in [1.807, 2.05) is 36.4 Å². The molecule has 0 saturated carbocycles. The second-order valence-corrected chi connectivity index (χ2v) is 4.60. The van der Waals surface area contributed by atoms with E-state index in [1.54, 1.807) is 18.2 Å². The van der Waals surface area contributed by atoms with Crippen LogP contribution in [0.3, 0.4) is 0 Å². The van der Waals surface area contributed by atoms with Gasteiger partial charge in [0.1, 0.15) is 0 Å². The minimum atomic E-state index is 0.568. The van der Waals surface area contributed by atoms with E-state index in [4.69, 9.17) is 23.2 Å². The van der Waals surface area contributed by atoms with E-state index in [2.05, 4.69) is 4.99 Å². The zero-order valence-electron chi connectivity index (χ0n) is 9.81. The molecule has 2 aromatic carbocycles. The lowest BCUT2D eigenvalue weighted by Gasteiger charge is -2.00. The maximum Gasteiger partial charge on any atom is 0.240 e. The van der Waals surface area contributed by atoms with E-state index >= 15 is 0 Å². The van der Waals surface area contributed by atoms with Crippen molar-refractivity contribution in [2.75, 3.05) is 0 Å². The fourth-order valence-corrected chi connectivity index (χ4v) is 2.07. The van der Waals surface area contributed by atoms with Crippen molar-refractivity contribution in [3.63, 3.8) is 0 Å². The number of isocyanates is 1. The first-order chi connectivity index (χ1) is 9.20. The Morgan fingerprint density at radius 3 is 2.47 bits per heavy atom. The topological polar surface area (TPSA) is 29.4 Å². The van der Waals surface area contributed by atoms with Crippen molar-refractivity contribution < 1.29 is 4.79 Å². The van der Waals surface area contributed by atoms with Crippen molar-refractivity contribution in [2.24, 2.45) is 4.99 Å². The van der Waals surface area contributed by atoms with Crippen LogP contribution in [0.2, 0.25) is 10.0 Å². The van der Waals surface area contributed by atoms with Crippen molar-refractivity contribution in [3.8, 4) is 0 Å². The number of hydrogen-bond donors (Lipinski definition) is 0. The molecule has 2 aromatic rings. The quantitative estimate of drug-likeness (QED) is 0.437. The van der Waals surface area contributed by atoms with Crippen LogP contribution in [0.4, 0.5) is 5.69 Å². The Hall–Kier alpha value is -1.86. The van der Waals surface area contributed by atoms with Crippen molar-refractivity contribution >= 4 is 47.1 Å². The van der Waals surface area contributed by atoms with Gasteiger partial charge in [-0.1, -0.05) is 59.6 Å². The average Bonchev–Trinajstić information content (AvgIpc) is 2.40. The molecule has 0 aliphatic carbocycles. The molecule has 2 rings (SSSR count). The highest BCUT2D eigenvalue weighted by Gasteiger charge is 1.99. The third kappa shape index (κ3) is 3.55. The Balaban J connectivity index is 2.35. The molecule has 0 amide bonds. The van der Waals surface area contributed by atoms with Crippen LogP contribution >= 0.6 is 23.2 Å². The lowest BCUT2D eigenvalue weighted by atomic mass is 10.1. The van der Waals surface area contributed by atoms with Gasteiger partial charge in [0.25, 0.3) is 0 Å². The van der Waals surface area contributed by atoms with Gasteiger partial charge in [0, 0.05) is 15.6 Å². The summed E-state index contributed by atoms with van der Waals surface area (Å²) in [6.07, 6.45) is 5.22. The van der Waals surface area contributed by atoms with E-state index in [0.717, 1.165) is 11.1 Å². The van der Waals surface area contributed by atoms with Gasteiger partial charge < -0.3 is 0 Å². The van der Waals surface area contributed by atoms with Gasteiger partial charge in [0.15, 0.2) is 0 Å². The molecule has 0 N–H and O–H groups in total. The fraction of sp³-hybridized carbons (Fsp3) is 0. The van der Waals surface area contributed by atoms with Gasteiger partial charge in [-0.15, -0.1) is 0 Å². The minimum absolute atomic E-state index is 0.568. The summed E-state index contributed by atoms with van der Waals surface area (Å²) in [5.74, 6) is 0. The molecule has 2 nitrogen and oxygen atoms in total. The molecule has 4 heteroatoms. The number of carbonyl (C=O) groups excluding carboxylic acids is 1. The normalized spacial score (nSPS) is 10.4. The van der Waals surface area contributed by atoms with Crippen LogP contribution in [-0.4, -0.2) is 6.08 Å². The number of aliphatic imine (C=N–C) groups is 1. The molecule has 0 aliphatic heterocycles. The van der Waals surface area contributed by atoms with E-state index in [0.29, 0.717) is 15.7 Å². The molecule has 94 valence electrons. The van der Waals surface area contributed by atoms with Crippen LogP contribution in [0, 0.1) is 0 Å². The van der Waals surface area contributed by atoms with Gasteiger partial charge in [-0.25, -0.2) is 4.79 Å². The summed E-state index contributed by atoms with van der Waals surface area (Å²) >= 11 is 11.9. The molecule has 0 spiro atoms. The molecule has 0 radical (unpaired) electrons. The number of hydrogen-bond acceptors (Lipinski definition) is 2. The molecule has 0 heterocycles. The maximum atomic E-state index is 10.3. The van der Waals surface area contributed by atoms with Gasteiger partial charge in [-0.3, -0.25) is 0 Å². The van der Waals surface area contributed by atoms with Crippen molar-refractivity contribution in [1.29, 1.82) is 0 Å². The number of para-hydroxylation sites is 1. The van der Waals surface area contributed by atoms with Gasteiger partial charge in [-0.05, 0) is 23.8 Å². The van der Waals surface area contributed by atoms with Gasteiger partial charge in [0.2, 0.25) is 6.08 Å². The summed E-state index contributed by atoms with van der Waals surface area (Å²) in [6, 6.07) is 12.5. The Kier molecular flexibility index (Phi) is 4.53. The standard InChI is InChI=1S/C15H9Cl2NO/c16-13-8-7-11(14(17)9-13)5-6-12-3-1-2-4-15(12)18-10-19/h1-9H. The summed E-state index contributed by atoms with van der Waals surface area (Å²) in [5.41, 5.74) is 2.23. The highest BCUT2D eigenvalue weighted by atomic mass is 35.5. The smallest absolute Gasteiger partial charge is 0.211 e. The number of nitrogens with zero attached hydrogens (tertiary/aromatic N) is 1. The molecule has 0 saturated heterocycles. The van der Waals surface area contributed by atoms with E-state index < -0.39 is 0 Å². The monoisotopic (exact) mass is 289 g/mol. The first kappa shape index (κ1) is 13.6. The molecule has 0 aliphatic rings. The molecule has 19 heavy (non-hydrogen) atoms. The second-order valence-electron chi connectivity index (χ2n) is 3.76. The molecule has 0 unspecified atom stereocenters. The first-order valence-electron chi connectivity index (χ1n) is 5.51. The van der Waals surface area contributed by atoms with Crippen LogP contribution in [0.25, 0.3) is 12.2 Å². The second kappa shape index (κ2) is 6.35. The van der Waals surface area contributed by atoms with Gasteiger partial charge >= 0.3 is 0 Å². The predicted octanol–water partition coefficient (Wildman–Crippen LogP) is 5.13. The molecule has 0 bridgehead atoms. The Bertz CT molecular complexity index is 674. The summed E-state index contributed by atoms with van der Waals surface area (Å²) < 4.78 is 0. The van der Waals surface area contributed by atoms with Gasteiger partial charge in [-0.2, -0.15) is 4.99 Å². The zero-order valence-corrected chi connectivity index (χ0v) is 11.3. The predicted molar refractivity (Wildman–Crippen MR) is 79.6 cm³/mol. The SMILES string of the molecule is O=C=Nc1ccccc1C=Cc1ccc(Cl)cc1Cl. The van der Waals surface area contributed by atoms with Crippen LogP contribution in [0.5, 0.6) is 0 Å².